The lowest BCUT2D eigenvalue weighted by molar-refractivity contribution is 0.104. The first-order chi connectivity index (χ1) is 15.5. The van der Waals surface area contributed by atoms with Gasteiger partial charge in [-0.15, -0.1) is 0 Å². The van der Waals surface area contributed by atoms with Crippen LogP contribution in [0.1, 0.15) is 16.8 Å². The number of hydrogen-bond acceptors (Lipinski definition) is 3. The number of ether oxygens (including phenoxy) is 2. The summed E-state index contributed by atoms with van der Waals surface area (Å²) in [5, 5.41) is 6.59. The van der Waals surface area contributed by atoms with Crippen LogP contribution in [0, 0.1) is 6.92 Å². The minimum atomic E-state index is 0.358. The van der Waals surface area contributed by atoms with Gasteiger partial charge in [0.2, 0.25) is 0 Å². The zero-order valence-electron chi connectivity index (χ0n) is 17.6. The lowest BCUT2D eigenvalue weighted by Gasteiger charge is -2.11. The van der Waals surface area contributed by atoms with E-state index in [0.29, 0.717) is 28.3 Å². The van der Waals surface area contributed by atoms with Crippen molar-refractivity contribution < 1.29 is 9.47 Å². The van der Waals surface area contributed by atoms with Gasteiger partial charge >= 0.3 is 0 Å². The molecule has 0 saturated heterocycles. The van der Waals surface area contributed by atoms with Crippen LogP contribution >= 0.6 is 34.8 Å². The molecule has 0 aliphatic rings. The highest BCUT2D eigenvalue weighted by Gasteiger charge is 2.19. The van der Waals surface area contributed by atoms with Crippen LogP contribution in [0.25, 0.3) is 16.9 Å². The van der Waals surface area contributed by atoms with Crippen LogP contribution < -0.4 is 4.74 Å². The van der Waals surface area contributed by atoms with Crippen LogP contribution in [0.15, 0.2) is 66.7 Å². The number of hydrogen-bond donors (Lipinski definition) is 0. The summed E-state index contributed by atoms with van der Waals surface area (Å²) in [6.45, 7) is 2.86. The van der Waals surface area contributed by atoms with Crippen molar-refractivity contribution in [3.63, 3.8) is 0 Å². The zero-order chi connectivity index (χ0) is 22.7. The molecular formula is C25H21Cl3N2O2. The molecule has 0 N–H and O–H groups in total. The van der Waals surface area contributed by atoms with Crippen LogP contribution in [0.4, 0.5) is 0 Å². The summed E-state index contributed by atoms with van der Waals surface area (Å²) in [6, 6.07) is 20.8. The molecule has 0 amide bonds. The average molecular weight is 488 g/mol. The Kier molecular flexibility index (Phi) is 7.07. The molecule has 0 radical (unpaired) electrons. The quantitative estimate of drug-likeness (QED) is 0.270. The largest absolute Gasteiger partial charge is 0.497 e. The van der Waals surface area contributed by atoms with Crippen LogP contribution in [0.3, 0.4) is 0 Å². The van der Waals surface area contributed by atoms with Gasteiger partial charge in [0, 0.05) is 21.2 Å². The predicted molar refractivity (Wildman–Crippen MR) is 130 cm³/mol. The van der Waals surface area contributed by atoms with Gasteiger partial charge in [-0.3, -0.25) is 0 Å². The molecule has 0 aliphatic heterocycles. The van der Waals surface area contributed by atoms with Gasteiger partial charge in [0.1, 0.15) is 5.75 Å². The maximum atomic E-state index is 6.51. The van der Waals surface area contributed by atoms with Crippen LogP contribution in [-0.4, -0.2) is 16.9 Å². The third kappa shape index (κ3) is 4.94. The van der Waals surface area contributed by atoms with Crippen molar-refractivity contribution in [1.29, 1.82) is 0 Å². The molecule has 0 atom stereocenters. The van der Waals surface area contributed by atoms with Crippen LogP contribution in [-0.2, 0) is 18.0 Å². The second-order valence-electron chi connectivity index (χ2n) is 7.28. The summed E-state index contributed by atoms with van der Waals surface area (Å²) in [5.74, 6) is 0.816. The van der Waals surface area contributed by atoms with E-state index in [-0.39, 0.29) is 0 Å². The molecule has 4 rings (SSSR count). The van der Waals surface area contributed by atoms with Crippen molar-refractivity contribution in [2.45, 2.75) is 20.1 Å². The Balaban J connectivity index is 1.66. The molecule has 7 heteroatoms. The highest BCUT2D eigenvalue weighted by molar-refractivity contribution is 6.35. The maximum Gasteiger partial charge on any atom is 0.118 e. The van der Waals surface area contributed by atoms with Gasteiger partial charge in [0.05, 0.1) is 42.4 Å². The summed E-state index contributed by atoms with van der Waals surface area (Å²) in [4.78, 5) is 0. The van der Waals surface area contributed by atoms with Crippen molar-refractivity contribution in [1.82, 2.24) is 9.78 Å². The third-order valence-electron chi connectivity index (χ3n) is 5.14. The molecule has 0 bridgehead atoms. The Bertz CT molecular complexity index is 1220. The summed E-state index contributed by atoms with van der Waals surface area (Å²) in [6.07, 6.45) is 0. The number of rotatable bonds is 7. The Morgan fingerprint density at radius 3 is 2.19 bits per heavy atom. The molecule has 0 unspecified atom stereocenters. The lowest BCUT2D eigenvalue weighted by atomic mass is 10.1. The SMILES string of the molecule is COc1ccc(COCc2nn(-c3ccc(Cl)cc3Cl)c(-c3ccc(Cl)cc3)c2C)cc1. The average Bonchev–Trinajstić information content (AvgIpc) is 3.11. The molecule has 4 nitrogen and oxygen atoms in total. The first-order valence-electron chi connectivity index (χ1n) is 9.97. The van der Waals surface area contributed by atoms with Crippen molar-refractivity contribution in [2.75, 3.05) is 7.11 Å². The van der Waals surface area contributed by atoms with Gasteiger partial charge < -0.3 is 9.47 Å². The molecule has 1 aromatic heterocycles. The van der Waals surface area contributed by atoms with Gasteiger partial charge in [-0.05, 0) is 55.0 Å². The molecule has 3 aromatic carbocycles. The van der Waals surface area contributed by atoms with E-state index in [4.69, 9.17) is 49.4 Å². The zero-order valence-corrected chi connectivity index (χ0v) is 19.9. The lowest BCUT2D eigenvalue weighted by Crippen LogP contribution is -2.01. The smallest absolute Gasteiger partial charge is 0.118 e. The van der Waals surface area contributed by atoms with Gasteiger partial charge in [-0.1, -0.05) is 59.1 Å². The van der Waals surface area contributed by atoms with Crippen molar-refractivity contribution in [3.05, 3.63) is 98.6 Å². The molecule has 0 saturated carbocycles. The Morgan fingerprint density at radius 1 is 0.844 bits per heavy atom. The minimum absolute atomic E-state index is 0.358. The standard InChI is InChI=1S/C25H21Cl3N2O2/c1-16-23(15-32-14-17-3-10-21(31-2)11-4-17)29-30(24-12-9-20(27)13-22(24)28)25(16)18-5-7-19(26)8-6-18/h3-13H,14-15H2,1-2H3. The molecule has 4 aromatic rings. The van der Waals surface area contributed by atoms with E-state index in [1.807, 2.05) is 66.2 Å². The Labute approximate surface area is 202 Å². The van der Waals surface area contributed by atoms with E-state index >= 15 is 0 Å². The fourth-order valence-corrected chi connectivity index (χ4v) is 4.05. The predicted octanol–water partition coefficient (Wildman–Crippen LogP) is 7.53. The van der Waals surface area contributed by atoms with Gasteiger partial charge in [-0.25, -0.2) is 4.68 Å². The highest BCUT2D eigenvalue weighted by atomic mass is 35.5. The summed E-state index contributed by atoms with van der Waals surface area (Å²) in [5.41, 5.74) is 5.54. The van der Waals surface area contributed by atoms with Crippen molar-refractivity contribution in [3.8, 4) is 22.7 Å². The Morgan fingerprint density at radius 2 is 1.53 bits per heavy atom. The number of halogens is 3. The summed E-state index contributed by atoms with van der Waals surface area (Å²) >= 11 is 18.7. The van der Waals surface area contributed by atoms with E-state index in [9.17, 15) is 0 Å². The first kappa shape index (κ1) is 22.7. The normalized spacial score (nSPS) is 11.0. The molecular weight excluding hydrogens is 467 g/mol. The Hall–Kier alpha value is -2.50. The van der Waals surface area contributed by atoms with Crippen molar-refractivity contribution >= 4 is 34.8 Å². The number of benzene rings is 3. The molecule has 32 heavy (non-hydrogen) atoms. The second kappa shape index (κ2) is 9.97. The van der Waals surface area contributed by atoms with E-state index in [1.165, 1.54) is 0 Å². The number of methoxy groups -OCH3 is 1. The van der Waals surface area contributed by atoms with E-state index < -0.39 is 0 Å². The fraction of sp³-hybridized carbons (Fsp3) is 0.160. The van der Waals surface area contributed by atoms with Gasteiger partial charge in [0.25, 0.3) is 0 Å². The second-order valence-corrected chi connectivity index (χ2v) is 8.56. The van der Waals surface area contributed by atoms with E-state index in [0.717, 1.165) is 39.5 Å². The third-order valence-corrected chi connectivity index (χ3v) is 5.93. The number of aromatic nitrogens is 2. The van der Waals surface area contributed by atoms with E-state index in [2.05, 4.69) is 0 Å². The van der Waals surface area contributed by atoms with Crippen LogP contribution in [0.5, 0.6) is 5.75 Å². The molecule has 0 aliphatic carbocycles. The highest BCUT2D eigenvalue weighted by Crippen LogP contribution is 2.33. The van der Waals surface area contributed by atoms with Gasteiger partial charge in [-0.2, -0.15) is 5.10 Å². The number of nitrogens with zero attached hydrogens (tertiary/aromatic N) is 2. The molecule has 164 valence electrons. The monoisotopic (exact) mass is 486 g/mol. The maximum absolute atomic E-state index is 6.51. The molecule has 0 fully saturated rings. The van der Waals surface area contributed by atoms with Gasteiger partial charge in [0.15, 0.2) is 0 Å². The fourth-order valence-electron chi connectivity index (χ4n) is 3.44. The first-order valence-corrected chi connectivity index (χ1v) is 11.1. The summed E-state index contributed by atoms with van der Waals surface area (Å²) in [7, 11) is 1.65. The van der Waals surface area contributed by atoms with Crippen LogP contribution in [0.2, 0.25) is 15.1 Å². The minimum Gasteiger partial charge on any atom is -0.497 e. The van der Waals surface area contributed by atoms with E-state index in [1.54, 1.807) is 19.2 Å². The topological polar surface area (TPSA) is 36.3 Å². The molecule has 0 spiro atoms. The van der Waals surface area contributed by atoms with Crippen molar-refractivity contribution in [2.24, 2.45) is 0 Å². The summed E-state index contributed by atoms with van der Waals surface area (Å²) < 4.78 is 13.0. The molecule has 1 heterocycles.